The third-order valence-corrected chi connectivity index (χ3v) is 8.44. The monoisotopic (exact) mass is 480 g/mol. The Morgan fingerprint density at radius 1 is 1.14 bits per heavy atom. The average molecular weight is 481 g/mol. The van der Waals surface area contributed by atoms with Gasteiger partial charge in [0, 0.05) is 11.1 Å². The molecule has 0 bridgehead atoms. The highest BCUT2D eigenvalue weighted by Gasteiger charge is 2.51. The summed E-state index contributed by atoms with van der Waals surface area (Å²) in [5.41, 5.74) is 1.45. The van der Waals surface area contributed by atoms with Gasteiger partial charge in [0.25, 0.3) is 0 Å². The second-order valence-corrected chi connectivity index (χ2v) is 10.8. The molecule has 35 heavy (non-hydrogen) atoms. The number of amides is 3. The van der Waals surface area contributed by atoms with Crippen LogP contribution in [0.1, 0.15) is 56.7 Å². The van der Waals surface area contributed by atoms with Crippen molar-refractivity contribution in [2.24, 2.45) is 0 Å². The van der Waals surface area contributed by atoms with Gasteiger partial charge in [0.05, 0.1) is 29.7 Å². The normalized spacial score (nSPS) is 27.3. The van der Waals surface area contributed by atoms with Gasteiger partial charge in [-0.2, -0.15) is 0 Å². The molecule has 1 N–H and O–H groups in total. The number of hydrogen-bond acceptors (Lipinski definition) is 5. The van der Waals surface area contributed by atoms with Gasteiger partial charge in [0.2, 0.25) is 12.4 Å². The molecular formula is C26H33FN6O2. The number of carbonyl (C=O) groups excluding carboxylic acids is 2. The molecule has 2 aliphatic carbocycles. The van der Waals surface area contributed by atoms with Crippen molar-refractivity contribution >= 4 is 24.1 Å². The molecule has 3 fully saturated rings. The zero-order valence-electron chi connectivity index (χ0n) is 20.8. The van der Waals surface area contributed by atoms with Crippen LogP contribution >= 0.6 is 0 Å². The zero-order chi connectivity index (χ0) is 25.0. The lowest BCUT2D eigenvalue weighted by Gasteiger charge is -2.48. The number of benzene rings is 1. The van der Waals surface area contributed by atoms with Gasteiger partial charge in [-0.25, -0.2) is 19.2 Å². The van der Waals surface area contributed by atoms with Crippen LogP contribution in [0.25, 0.3) is 0 Å². The molecule has 0 atom stereocenters. The van der Waals surface area contributed by atoms with Crippen molar-refractivity contribution in [3.8, 4) is 0 Å². The highest BCUT2D eigenvalue weighted by atomic mass is 19.1. The van der Waals surface area contributed by atoms with E-state index < -0.39 is 0 Å². The number of nitrogens with zero attached hydrogens (tertiary/aromatic N) is 5. The minimum Gasteiger partial charge on any atom is -0.330 e. The van der Waals surface area contributed by atoms with Crippen LogP contribution in [0.3, 0.4) is 0 Å². The maximum absolute atomic E-state index is 14.0. The zero-order valence-corrected chi connectivity index (χ0v) is 20.8. The molecule has 0 radical (unpaired) electrons. The third kappa shape index (κ3) is 3.95. The van der Waals surface area contributed by atoms with E-state index in [4.69, 9.17) is 0 Å². The third-order valence-electron chi connectivity index (χ3n) is 8.44. The van der Waals surface area contributed by atoms with Crippen LogP contribution in [-0.4, -0.2) is 59.0 Å². The summed E-state index contributed by atoms with van der Waals surface area (Å²) in [6.07, 6.45) is 7.46. The van der Waals surface area contributed by atoms with E-state index in [-0.39, 0.29) is 28.5 Å². The Labute approximate surface area is 205 Å². The highest BCUT2D eigenvalue weighted by molar-refractivity contribution is 5.95. The molecule has 1 saturated heterocycles. The summed E-state index contributed by atoms with van der Waals surface area (Å²) in [4.78, 5) is 39.3. The molecule has 2 aromatic rings. The number of hydrogen-bond donors (Lipinski definition) is 1. The largest absolute Gasteiger partial charge is 0.330 e. The van der Waals surface area contributed by atoms with Crippen LogP contribution < -0.4 is 15.1 Å². The van der Waals surface area contributed by atoms with E-state index in [2.05, 4.69) is 20.2 Å². The minimum absolute atomic E-state index is 0.158. The first-order valence-electron chi connectivity index (χ1n) is 12.2. The lowest BCUT2D eigenvalue weighted by atomic mass is 9.69. The first-order valence-corrected chi connectivity index (χ1v) is 12.2. The van der Waals surface area contributed by atoms with Crippen LogP contribution in [0.2, 0.25) is 0 Å². The second kappa shape index (κ2) is 8.26. The molecule has 2 heterocycles. The molecule has 3 aliphatic rings. The van der Waals surface area contributed by atoms with E-state index in [1.54, 1.807) is 28.1 Å². The first-order chi connectivity index (χ1) is 16.6. The maximum atomic E-state index is 14.0. The second-order valence-electron chi connectivity index (χ2n) is 10.8. The van der Waals surface area contributed by atoms with Gasteiger partial charge < -0.3 is 5.32 Å². The maximum Gasteiger partial charge on any atom is 0.322 e. The summed E-state index contributed by atoms with van der Waals surface area (Å²) in [5, 5.41) is 3.24. The van der Waals surface area contributed by atoms with Gasteiger partial charge in [0.1, 0.15) is 5.82 Å². The lowest BCUT2D eigenvalue weighted by molar-refractivity contribution is -0.108. The number of aromatic nitrogens is 2. The summed E-state index contributed by atoms with van der Waals surface area (Å²) >= 11 is 0. The molecule has 1 spiro atoms. The van der Waals surface area contributed by atoms with Crippen molar-refractivity contribution in [1.82, 2.24) is 20.2 Å². The Hall–Kier alpha value is -3.07. The van der Waals surface area contributed by atoms with E-state index >= 15 is 0 Å². The van der Waals surface area contributed by atoms with E-state index in [9.17, 15) is 14.0 Å². The summed E-state index contributed by atoms with van der Waals surface area (Å²) in [6.45, 7) is 4.39. The van der Waals surface area contributed by atoms with Crippen molar-refractivity contribution < 1.29 is 14.0 Å². The molecule has 2 saturated carbocycles. The van der Waals surface area contributed by atoms with E-state index in [0.717, 1.165) is 50.5 Å². The van der Waals surface area contributed by atoms with Gasteiger partial charge in [-0.1, -0.05) is 12.1 Å². The summed E-state index contributed by atoms with van der Waals surface area (Å²) in [5.74, 6) is 0.145. The number of rotatable bonds is 6. The summed E-state index contributed by atoms with van der Waals surface area (Å²) < 4.78 is 14.0. The molecular weight excluding hydrogens is 447 g/mol. The fourth-order valence-electron chi connectivity index (χ4n) is 5.77. The van der Waals surface area contributed by atoms with Crippen molar-refractivity contribution in [2.75, 3.05) is 30.4 Å². The molecule has 5 rings (SSSR count). The molecule has 1 aliphatic heterocycles. The van der Waals surface area contributed by atoms with Gasteiger partial charge in [-0.05, 0) is 84.2 Å². The quantitative estimate of drug-likeness (QED) is 0.637. The number of carbonyl (C=O) groups is 2. The molecule has 8 nitrogen and oxygen atoms in total. The molecule has 9 heteroatoms. The van der Waals surface area contributed by atoms with Gasteiger partial charge in [0.15, 0.2) is 0 Å². The van der Waals surface area contributed by atoms with Crippen LogP contribution in [0.15, 0.2) is 30.5 Å². The summed E-state index contributed by atoms with van der Waals surface area (Å²) in [7, 11) is 4.07. The van der Waals surface area contributed by atoms with Crippen LogP contribution in [0.4, 0.5) is 20.8 Å². The lowest BCUT2D eigenvalue weighted by Crippen LogP contribution is -2.54. The van der Waals surface area contributed by atoms with Gasteiger partial charge in [-0.15, -0.1) is 0 Å². The SMILES string of the molecule is Cc1nc(N(C=O)C2(C)CC2)ncc1N1CC2(CCC(c3cccc(F)c3)(N(C)C)CC2)NC1=O. The average Bonchev–Trinajstić information content (AvgIpc) is 3.48. The Balaban J connectivity index is 1.35. The minimum atomic E-state index is -0.356. The Morgan fingerprint density at radius 3 is 2.43 bits per heavy atom. The van der Waals surface area contributed by atoms with E-state index in [1.807, 2.05) is 34.0 Å². The molecule has 1 aromatic heterocycles. The van der Waals surface area contributed by atoms with Crippen LogP contribution in [0.5, 0.6) is 0 Å². The Kier molecular flexibility index (Phi) is 5.58. The number of anilines is 2. The Morgan fingerprint density at radius 2 is 1.86 bits per heavy atom. The van der Waals surface area contributed by atoms with E-state index in [1.165, 1.54) is 6.07 Å². The predicted molar refractivity (Wildman–Crippen MR) is 132 cm³/mol. The topological polar surface area (TPSA) is 81.7 Å². The van der Waals surface area contributed by atoms with Crippen LogP contribution in [0, 0.1) is 12.7 Å². The fraction of sp³-hybridized carbons (Fsp3) is 0.538. The Bertz CT molecular complexity index is 1160. The molecule has 0 unspecified atom stereocenters. The number of nitrogens with one attached hydrogen (secondary N) is 1. The molecule has 3 amide bonds. The van der Waals surface area contributed by atoms with Crippen molar-refractivity contribution in [2.45, 2.75) is 69.0 Å². The number of halogens is 1. The molecule has 1 aromatic carbocycles. The summed E-state index contributed by atoms with van der Waals surface area (Å²) in [6, 6.07) is 6.70. The van der Waals surface area contributed by atoms with Crippen molar-refractivity contribution in [3.63, 3.8) is 0 Å². The first kappa shape index (κ1) is 23.7. The van der Waals surface area contributed by atoms with Crippen molar-refractivity contribution in [1.29, 1.82) is 0 Å². The molecule has 186 valence electrons. The van der Waals surface area contributed by atoms with Crippen LogP contribution in [-0.2, 0) is 10.3 Å². The fourth-order valence-corrected chi connectivity index (χ4v) is 5.77. The van der Waals surface area contributed by atoms with Gasteiger partial charge >= 0.3 is 6.03 Å². The smallest absolute Gasteiger partial charge is 0.322 e. The van der Waals surface area contributed by atoms with E-state index in [0.29, 0.717) is 23.9 Å². The highest BCUT2D eigenvalue weighted by Crippen LogP contribution is 2.47. The number of aryl methyl sites for hydroxylation is 1. The number of urea groups is 1. The van der Waals surface area contributed by atoms with Crippen molar-refractivity contribution in [3.05, 3.63) is 47.5 Å². The predicted octanol–water partition coefficient (Wildman–Crippen LogP) is 3.74. The standard InChI is InChI=1S/C26H33FN6O2/c1-18-21(15-28-22(29-18)33(17-34)24(2)8-9-24)32-16-25(30-23(32)35)10-12-26(13-11-25,31(3)4)19-6-5-7-20(27)14-19/h5-7,14-15,17H,8-13,16H2,1-4H3,(H,30,35). The van der Waals surface area contributed by atoms with Gasteiger partial charge in [-0.3, -0.25) is 19.5 Å².